The lowest BCUT2D eigenvalue weighted by molar-refractivity contribution is 0.0320. The van der Waals surface area contributed by atoms with Crippen LogP contribution >= 0.6 is 0 Å². The second-order valence-corrected chi connectivity index (χ2v) is 6.06. The van der Waals surface area contributed by atoms with Crippen LogP contribution in [0.5, 0.6) is 0 Å². The summed E-state index contributed by atoms with van der Waals surface area (Å²) >= 11 is 0. The molecule has 0 radical (unpaired) electrons. The Hall–Kier alpha value is -1.36. The molecule has 0 N–H and O–H groups in total. The van der Waals surface area contributed by atoms with Crippen molar-refractivity contribution in [2.24, 2.45) is 0 Å². The van der Waals surface area contributed by atoms with Gasteiger partial charge in [-0.1, -0.05) is 38.0 Å². The van der Waals surface area contributed by atoms with Crippen LogP contribution in [0.2, 0.25) is 0 Å². The number of methoxy groups -OCH3 is 1. The fraction of sp³-hybridized carbons (Fsp3) is 0.533. The summed E-state index contributed by atoms with van der Waals surface area (Å²) in [5.74, 6) is 0.482. The van der Waals surface area contributed by atoms with E-state index >= 15 is 0 Å². The van der Waals surface area contributed by atoms with Crippen LogP contribution in [0.25, 0.3) is 0 Å². The molecule has 1 rings (SSSR count). The summed E-state index contributed by atoms with van der Waals surface area (Å²) < 4.78 is 21.8. The number of hydrogen-bond donors (Lipinski definition) is 0. The summed E-state index contributed by atoms with van der Waals surface area (Å²) in [6, 6.07) is 9.32. The molecule has 2 atom stereocenters. The molecule has 1 aromatic rings. The first-order valence-electron chi connectivity index (χ1n) is 6.85. The molecule has 0 aliphatic rings. The standard InChI is InChI=1S/C15H22O4S/c1-3-4-8-13(19-15(16)18-2)11-12-20(17)14-9-6-5-7-10-14/h5-7,9-10,13H,3-4,8,11-12H2,1-2H3. The highest BCUT2D eigenvalue weighted by molar-refractivity contribution is 7.85. The smallest absolute Gasteiger partial charge is 0.438 e. The molecular formula is C15H22O4S. The van der Waals surface area contributed by atoms with Crippen molar-refractivity contribution in [2.75, 3.05) is 12.9 Å². The lowest BCUT2D eigenvalue weighted by atomic mass is 10.1. The van der Waals surface area contributed by atoms with E-state index in [1.54, 1.807) is 0 Å². The summed E-state index contributed by atoms with van der Waals surface area (Å²) in [6.07, 6.45) is 2.46. The van der Waals surface area contributed by atoms with Crippen LogP contribution < -0.4 is 0 Å². The van der Waals surface area contributed by atoms with E-state index in [1.807, 2.05) is 30.3 Å². The average Bonchev–Trinajstić information content (AvgIpc) is 2.50. The van der Waals surface area contributed by atoms with Gasteiger partial charge in [0.2, 0.25) is 0 Å². The van der Waals surface area contributed by atoms with E-state index in [0.717, 1.165) is 24.2 Å². The van der Waals surface area contributed by atoms with Crippen molar-refractivity contribution in [3.63, 3.8) is 0 Å². The Kier molecular flexibility index (Phi) is 7.95. The Labute approximate surface area is 122 Å². The van der Waals surface area contributed by atoms with Crippen molar-refractivity contribution in [2.45, 2.75) is 43.6 Å². The van der Waals surface area contributed by atoms with Gasteiger partial charge < -0.3 is 9.47 Å². The predicted octanol–water partition coefficient (Wildman–Crippen LogP) is 3.53. The van der Waals surface area contributed by atoms with E-state index in [4.69, 9.17) is 4.74 Å². The van der Waals surface area contributed by atoms with Crippen LogP contribution in [0.3, 0.4) is 0 Å². The molecule has 0 aliphatic carbocycles. The van der Waals surface area contributed by atoms with Gasteiger partial charge in [-0.3, -0.25) is 4.21 Å². The fourth-order valence-corrected chi connectivity index (χ4v) is 2.98. The third-order valence-corrected chi connectivity index (χ3v) is 4.34. The van der Waals surface area contributed by atoms with Gasteiger partial charge in [-0.05, 0) is 25.0 Å². The zero-order valence-electron chi connectivity index (χ0n) is 12.0. The molecule has 0 amide bonds. The Morgan fingerprint density at radius 3 is 2.55 bits per heavy atom. The van der Waals surface area contributed by atoms with Crippen LogP contribution in [-0.2, 0) is 20.3 Å². The summed E-state index contributed by atoms with van der Waals surface area (Å²) in [5, 5.41) is 0. The number of hydrogen-bond acceptors (Lipinski definition) is 4. The first kappa shape index (κ1) is 16.7. The van der Waals surface area contributed by atoms with Crippen LogP contribution in [-0.4, -0.2) is 29.3 Å². The molecule has 0 bridgehead atoms. The van der Waals surface area contributed by atoms with Crippen LogP contribution in [0, 0.1) is 0 Å². The number of carbonyl (C=O) groups is 1. The maximum Gasteiger partial charge on any atom is 0.508 e. The highest BCUT2D eigenvalue weighted by Gasteiger charge is 2.16. The molecule has 0 saturated heterocycles. The minimum atomic E-state index is -1.06. The highest BCUT2D eigenvalue weighted by atomic mass is 32.2. The minimum Gasteiger partial charge on any atom is -0.438 e. The van der Waals surface area contributed by atoms with Crippen molar-refractivity contribution >= 4 is 17.0 Å². The number of ether oxygens (including phenoxy) is 2. The molecule has 0 fully saturated rings. The van der Waals surface area contributed by atoms with Gasteiger partial charge in [-0.2, -0.15) is 0 Å². The van der Waals surface area contributed by atoms with Crippen molar-refractivity contribution in [3.05, 3.63) is 30.3 Å². The molecular weight excluding hydrogens is 276 g/mol. The van der Waals surface area contributed by atoms with Gasteiger partial charge in [-0.15, -0.1) is 0 Å². The first-order chi connectivity index (χ1) is 9.67. The lowest BCUT2D eigenvalue weighted by Gasteiger charge is -2.16. The fourth-order valence-electron chi connectivity index (χ4n) is 1.81. The zero-order chi connectivity index (χ0) is 14.8. The van der Waals surface area contributed by atoms with Crippen molar-refractivity contribution < 1.29 is 18.5 Å². The van der Waals surface area contributed by atoms with E-state index in [2.05, 4.69) is 11.7 Å². The second kappa shape index (κ2) is 9.53. The van der Waals surface area contributed by atoms with Crippen LogP contribution in [0.4, 0.5) is 4.79 Å². The van der Waals surface area contributed by atoms with Gasteiger partial charge >= 0.3 is 6.16 Å². The maximum atomic E-state index is 12.1. The predicted molar refractivity (Wildman–Crippen MR) is 79.1 cm³/mol. The summed E-state index contributed by atoms with van der Waals surface area (Å²) in [7, 11) is 0.235. The van der Waals surface area contributed by atoms with Crippen LogP contribution in [0.1, 0.15) is 32.6 Å². The molecule has 20 heavy (non-hydrogen) atoms. The zero-order valence-corrected chi connectivity index (χ0v) is 12.9. The molecule has 0 saturated carbocycles. The van der Waals surface area contributed by atoms with Gasteiger partial charge in [0.25, 0.3) is 0 Å². The quantitative estimate of drug-likeness (QED) is 0.689. The second-order valence-electron chi connectivity index (χ2n) is 4.49. The summed E-state index contributed by atoms with van der Waals surface area (Å²) in [6.45, 7) is 2.08. The van der Waals surface area contributed by atoms with E-state index in [0.29, 0.717) is 12.2 Å². The average molecular weight is 298 g/mol. The number of carbonyl (C=O) groups excluding carboxylic acids is 1. The van der Waals surface area contributed by atoms with Gasteiger partial charge in [-0.25, -0.2) is 4.79 Å². The normalized spacial score (nSPS) is 13.5. The molecule has 0 aliphatic heterocycles. The summed E-state index contributed by atoms with van der Waals surface area (Å²) in [4.78, 5) is 12.0. The largest absolute Gasteiger partial charge is 0.508 e. The van der Waals surface area contributed by atoms with E-state index in [1.165, 1.54) is 7.11 Å². The number of unbranched alkanes of at least 4 members (excludes halogenated alkanes) is 1. The van der Waals surface area contributed by atoms with E-state index in [9.17, 15) is 9.00 Å². The Morgan fingerprint density at radius 2 is 1.95 bits per heavy atom. The first-order valence-corrected chi connectivity index (χ1v) is 8.17. The lowest BCUT2D eigenvalue weighted by Crippen LogP contribution is -2.20. The molecule has 0 spiro atoms. The third kappa shape index (κ3) is 6.19. The SMILES string of the molecule is CCCCC(CCS(=O)c1ccccc1)OC(=O)OC. The van der Waals surface area contributed by atoms with Crippen molar-refractivity contribution in [3.8, 4) is 0 Å². The van der Waals surface area contributed by atoms with Gasteiger partial charge in [0.15, 0.2) is 0 Å². The number of benzene rings is 1. The third-order valence-electron chi connectivity index (χ3n) is 2.94. The molecule has 4 nitrogen and oxygen atoms in total. The Bertz CT molecular complexity index is 419. The monoisotopic (exact) mass is 298 g/mol. The minimum absolute atomic E-state index is 0.227. The van der Waals surface area contributed by atoms with E-state index < -0.39 is 17.0 Å². The van der Waals surface area contributed by atoms with E-state index in [-0.39, 0.29) is 6.10 Å². The molecule has 2 unspecified atom stereocenters. The molecule has 0 heterocycles. The topological polar surface area (TPSA) is 52.6 Å². The van der Waals surface area contributed by atoms with Gasteiger partial charge in [0.05, 0.1) is 17.9 Å². The van der Waals surface area contributed by atoms with Crippen molar-refractivity contribution in [1.82, 2.24) is 0 Å². The van der Waals surface area contributed by atoms with Gasteiger partial charge in [0, 0.05) is 10.6 Å². The van der Waals surface area contributed by atoms with Crippen LogP contribution in [0.15, 0.2) is 35.2 Å². The summed E-state index contributed by atoms with van der Waals surface area (Å²) in [5.41, 5.74) is 0. The molecule has 0 aromatic heterocycles. The highest BCUT2D eigenvalue weighted by Crippen LogP contribution is 2.13. The van der Waals surface area contributed by atoms with Crippen molar-refractivity contribution in [1.29, 1.82) is 0 Å². The molecule has 112 valence electrons. The molecule has 1 aromatic carbocycles. The number of rotatable bonds is 8. The molecule has 5 heteroatoms. The maximum absolute atomic E-state index is 12.1. The Morgan fingerprint density at radius 1 is 1.25 bits per heavy atom. The Balaban J connectivity index is 2.48. The van der Waals surface area contributed by atoms with Gasteiger partial charge in [0.1, 0.15) is 6.10 Å².